The zero-order valence-electron chi connectivity index (χ0n) is 14.9. The van der Waals surface area contributed by atoms with Gasteiger partial charge in [-0.3, -0.25) is 4.79 Å². The fraction of sp³-hybridized carbons (Fsp3) is 0.318. The van der Waals surface area contributed by atoms with E-state index in [2.05, 4.69) is 17.6 Å². The summed E-state index contributed by atoms with van der Waals surface area (Å²) < 4.78 is 2.28. The van der Waals surface area contributed by atoms with Gasteiger partial charge in [-0.25, -0.2) is 0 Å². The molecule has 0 fully saturated rings. The van der Waals surface area contributed by atoms with Gasteiger partial charge in [-0.1, -0.05) is 48.5 Å². The number of rotatable bonds is 7. The predicted molar refractivity (Wildman–Crippen MR) is 102 cm³/mol. The van der Waals surface area contributed by atoms with Crippen molar-refractivity contribution in [3.8, 4) is 0 Å². The molecule has 0 amide bonds. The summed E-state index contributed by atoms with van der Waals surface area (Å²) in [5.41, 5.74) is 3.65. The third-order valence-corrected chi connectivity index (χ3v) is 4.89. The summed E-state index contributed by atoms with van der Waals surface area (Å²) in [4.78, 5) is 13.1. The SMILES string of the molecule is Cc1c(C(=O)c2ccccc2)c2ccccc2n1C(C)CCCCO. The molecule has 1 unspecified atom stereocenters. The molecule has 0 aliphatic carbocycles. The lowest BCUT2D eigenvalue weighted by Crippen LogP contribution is -2.09. The number of ketones is 1. The maximum atomic E-state index is 13.1. The molecule has 0 saturated carbocycles. The maximum absolute atomic E-state index is 13.1. The van der Waals surface area contributed by atoms with E-state index in [-0.39, 0.29) is 18.4 Å². The fourth-order valence-electron chi connectivity index (χ4n) is 3.66. The third kappa shape index (κ3) is 3.38. The lowest BCUT2D eigenvalue weighted by molar-refractivity contribution is 0.103. The number of nitrogens with zero attached hydrogens (tertiary/aromatic N) is 1. The van der Waals surface area contributed by atoms with Crippen LogP contribution in [0.5, 0.6) is 0 Å². The van der Waals surface area contributed by atoms with Crippen LogP contribution < -0.4 is 0 Å². The van der Waals surface area contributed by atoms with Crippen LogP contribution >= 0.6 is 0 Å². The fourth-order valence-corrected chi connectivity index (χ4v) is 3.66. The van der Waals surface area contributed by atoms with Crippen LogP contribution in [0.15, 0.2) is 54.6 Å². The van der Waals surface area contributed by atoms with Crippen molar-refractivity contribution in [1.29, 1.82) is 0 Å². The molecular weight excluding hydrogens is 310 g/mol. The summed E-state index contributed by atoms with van der Waals surface area (Å²) in [7, 11) is 0. The molecule has 0 bridgehead atoms. The van der Waals surface area contributed by atoms with Crippen LogP contribution in [0, 0.1) is 6.92 Å². The van der Waals surface area contributed by atoms with Crippen LogP contribution in [0.2, 0.25) is 0 Å². The average molecular weight is 335 g/mol. The summed E-state index contributed by atoms with van der Waals surface area (Å²) in [6.07, 6.45) is 2.78. The molecule has 3 rings (SSSR count). The summed E-state index contributed by atoms with van der Waals surface area (Å²) in [6.45, 7) is 4.46. The van der Waals surface area contributed by atoms with Gasteiger partial charge in [0.05, 0.1) is 5.56 Å². The topological polar surface area (TPSA) is 42.2 Å². The van der Waals surface area contributed by atoms with Crippen LogP contribution in [0.1, 0.15) is 53.8 Å². The third-order valence-electron chi connectivity index (χ3n) is 4.89. The number of aliphatic hydroxyl groups excluding tert-OH is 1. The number of unbranched alkanes of at least 4 members (excludes halogenated alkanes) is 1. The van der Waals surface area contributed by atoms with Crippen LogP contribution in [-0.4, -0.2) is 22.1 Å². The summed E-state index contributed by atoms with van der Waals surface area (Å²) in [5, 5.41) is 10.0. The Balaban J connectivity index is 2.08. The Hall–Kier alpha value is -2.39. The largest absolute Gasteiger partial charge is 0.396 e. The highest BCUT2D eigenvalue weighted by Crippen LogP contribution is 2.32. The van der Waals surface area contributed by atoms with E-state index in [0.717, 1.165) is 47.0 Å². The normalized spacial score (nSPS) is 12.4. The summed E-state index contributed by atoms with van der Waals surface area (Å²) >= 11 is 0. The van der Waals surface area contributed by atoms with Crippen molar-refractivity contribution in [3.05, 3.63) is 71.4 Å². The monoisotopic (exact) mass is 335 g/mol. The van der Waals surface area contributed by atoms with Gasteiger partial charge in [0.25, 0.3) is 0 Å². The Kier molecular flexibility index (Phi) is 5.34. The molecule has 0 spiro atoms. The zero-order chi connectivity index (χ0) is 17.8. The van der Waals surface area contributed by atoms with Crippen molar-refractivity contribution in [2.24, 2.45) is 0 Å². The summed E-state index contributed by atoms with van der Waals surface area (Å²) in [6, 6.07) is 17.9. The van der Waals surface area contributed by atoms with Gasteiger partial charge >= 0.3 is 0 Å². The first kappa shape index (κ1) is 17.4. The van der Waals surface area contributed by atoms with Crippen molar-refractivity contribution in [2.75, 3.05) is 6.61 Å². The second kappa shape index (κ2) is 7.66. The first-order valence-corrected chi connectivity index (χ1v) is 8.95. The number of aromatic nitrogens is 1. The second-order valence-corrected chi connectivity index (χ2v) is 6.61. The van der Waals surface area contributed by atoms with Gasteiger partial charge in [0.1, 0.15) is 0 Å². The second-order valence-electron chi connectivity index (χ2n) is 6.61. The van der Waals surface area contributed by atoms with E-state index in [1.165, 1.54) is 0 Å². The van der Waals surface area contributed by atoms with Gasteiger partial charge in [0.15, 0.2) is 5.78 Å². The van der Waals surface area contributed by atoms with Crippen molar-refractivity contribution in [3.63, 3.8) is 0 Å². The molecule has 3 nitrogen and oxygen atoms in total. The lowest BCUT2D eigenvalue weighted by Gasteiger charge is -2.17. The number of benzene rings is 2. The van der Waals surface area contributed by atoms with Gasteiger partial charge in [-0.15, -0.1) is 0 Å². The van der Waals surface area contributed by atoms with E-state index >= 15 is 0 Å². The molecular formula is C22H25NO2. The highest BCUT2D eigenvalue weighted by Gasteiger charge is 2.22. The number of para-hydroxylation sites is 1. The molecule has 2 aromatic carbocycles. The van der Waals surface area contributed by atoms with Gasteiger partial charge < -0.3 is 9.67 Å². The summed E-state index contributed by atoms with van der Waals surface area (Å²) in [5.74, 6) is 0.0793. The average Bonchev–Trinajstić information content (AvgIpc) is 2.94. The highest BCUT2D eigenvalue weighted by atomic mass is 16.2. The number of carbonyl (C=O) groups is 1. The molecule has 0 aliphatic heterocycles. The Labute approximate surface area is 148 Å². The maximum Gasteiger partial charge on any atom is 0.195 e. The minimum absolute atomic E-state index is 0.0793. The first-order chi connectivity index (χ1) is 12.1. The minimum Gasteiger partial charge on any atom is -0.396 e. The van der Waals surface area contributed by atoms with E-state index in [0.29, 0.717) is 0 Å². The number of aliphatic hydroxyl groups is 1. The van der Waals surface area contributed by atoms with E-state index in [1.807, 2.05) is 55.5 Å². The van der Waals surface area contributed by atoms with Crippen LogP contribution in [-0.2, 0) is 0 Å². The quantitative estimate of drug-likeness (QED) is 0.493. The Bertz CT molecular complexity index is 864. The standard InChI is InChI=1S/C22H25NO2/c1-16(10-8-9-15-24)23-17(2)21(19-13-6-7-14-20(19)23)22(25)18-11-4-3-5-12-18/h3-7,11-14,16,24H,8-10,15H2,1-2H3. The first-order valence-electron chi connectivity index (χ1n) is 8.95. The van der Waals surface area contributed by atoms with Crippen LogP contribution in [0.3, 0.4) is 0 Å². The molecule has 0 saturated heterocycles. The number of hydrogen-bond donors (Lipinski definition) is 1. The van der Waals surface area contributed by atoms with E-state index in [1.54, 1.807) is 0 Å². The van der Waals surface area contributed by atoms with Crippen molar-refractivity contribution in [2.45, 2.75) is 39.2 Å². The van der Waals surface area contributed by atoms with Gasteiger partial charge in [0, 0.05) is 34.8 Å². The molecule has 1 aromatic heterocycles. The molecule has 1 heterocycles. The Morgan fingerprint density at radius 2 is 1.72 bits per heavy atom. The van der Waals surface area contributed by atoms with Crippen LogP contribution in [0.4, 0.5) is 0 Å². The van der Waals surface area contributed by atoms with Gasteiger partial charge in [-0.2, -0.15) is 0 Å². The minimum atomic E-state index is 0.0793. The van der Waals surface area contributed by atoms with E-state index < -0.39 is 0 Å². The van der Waals surface area contributed by atoms with E-state index in [4.69, 9.17) is 5.11 Å². The van der Waals surface area contributed by atoms with Gasteiger partial charge in [0.2, 0.25) is 0 Å². The molecule has 25 heavy (non-hydrogen) atoms. The zero-order valence-corrected chi connectivity index (χ0v) is 14.9. The predicted octanol–water partition coefficient (Wildman–Crippen LogP) is 4.90. The molecule has 0 radical (unpaired) electrons. The number of fused-ring (bicyclic) bond motifs is 1. The van der Waals surface area contributed by atoms with Crippen molar-refractivity contribution >= 4 is 16.7 Å². The molecule has 3 heteroatoms. The molecule has 130 valence electrons. The Morgan fingerprint density at radius 1 is 1.04 bits per heavy atom. The van der Waals surface area contributed by atoms with Crippen molar-refractivity contribution in [1.82, 2.24) is 4.57 Å². The number of carbonyl (C=O) groups excluding carboxylic acids is 1. The lowest BCUT2D eigenvalue weighted by atomic mass is 10.0. The highest BCUT2D eigenvalue weighted by molar-refractivity contribution is 6.17. The molecule has 1 atom stereocenters. The molecule has 3 aromatic rings. The van der Waals surface area contributed by atoms with E-state index in [9.17, 15) is 4.79 Å². The smallest absolute Gasteiger partial charge is 0.195 e. The van der Waals surface area contributed by atoms with Gasteiger partial charge in [-0.05, 0) is 39.2 Å². The van der Waals surface area contributed by atoms with Crippen LogP contribution in [0.25, 0.3) is 10.9 Å². The Morgan fingerprint density at radius 3 is 2.44 bits per heavy atom. The molecule has 0 aliphatic rings. The number of hydrogen-bond acceptors (Lipinski definition) is 2. The molecule has 1 N–H and O–H groups in total. The van der Waals surface area contributed by atoms with Crippen molar-refractivity contribution < 1.29 is 9.90 Å².